The second-order valence-corrected chi connectivity index (χ2v) is 12.4. The number of benzene rings is 3. The quantitative estimate of drug-likeness (QED) is 0.156. The van der Waals surface area contributed by atoms with Gasteiger partial charge >= 0.3 is 20.6 Å². The fraction of sp³-hybridized carbons (Fsp3) is 0.294. The van der Waals surface area contributed by atoms with Crippen LogP contribution in [0.15, 0.2) is 60.7 Å². The maximum Gasteiger partial charge on any atom is 0.491 e. The SMILES string of the molecule is Cc1ccc([C@H](CC(=O)ON2C(=O)CCC2=O)NC(=O)[C@@H](NC(=O)c2ccc3c(c2)[B]OC3)[C@H](C)NC(=O)c2ccc3c(c2)B(O)OC3)cc1. The molecule has 1 fully saturated rings. The Balaban J connectivity index is 1.24. The molecule has 16 heteroatoms. The van der Waals surface area contributed by atoms with Crippen molar-refractivity contribution in [2.45, 2.75) is 64.4 Å². The first-order valence-electron chi connectivity index (χ1n) is 16.0. The van der Waals surface area contributed by atoms with Gasteiger partial charge in [-0.2, -0.15) is 0 Å². The second-order valence-electron chi connectivity index (χ2n) is 12.4. The molecule has 0 saturated carbocycles. The van der Waals surface area contributed by atoms with Gasteiger partial charge in [-0.25, -0.2) is 4.79 Å². The number of aryl methyl sites for hydroxylation is 1. The van der Waals surface area contributed by atoms with Crippen LogP contribution in [0.2, 0.25) is 0 Å². The van der Waals surface area contributed by atoms with Gasteiger partial charge in [0, 0.05) is 24.0 Å². The van der Waals surface area contributed by atoms with E-state index in [-0.39, 0.29) is 30.6 Å². The molecular formula is C34H33B2N4O10. The van der Waals surface area contributed by atoms with Crippen LogP contribution >= 0.6 is 0 Å². The average molecular weight is 679 g/mol. The number of fused-ring (bicyclic) bond motifs is 2. The molecule has 3 heterocycles. The standard InChI is InChI=1S/C34H33B2N4O10/c1-18-3-5-20(6-4-18)27(15-30(43)50-40-28(41)11-12-29(40)42)38-34(46)31(39-33(45)21-7-9-23-16-48-35-25(23)13-21)19(2)37-32(44)22-8-10-24-17-49-36(47)26(24)14-22/h3-10,13-14,19,27,31,47H,11-12,15-17H2,1-2H3,(H,37,44)(H,38,46)(H,39,45)/t19-,27-,31-/m0/s1. The van der Waals surface area contributed by atoms with Crippen molar-refractivity contribution in [2.24, 2.45) is 0 Å². The summed E-state index contributed by atoms with van der Waals surface area (Å²) in [5, 5.41) is 18.8. The van der Waals surface area contributed by atoms with Gasteiger partial charge in [-0.05, 0) is 59.7 Å². The van der Waals surface area contributed by atoms with E-state index in [9.17, 15) is 33.8 Å². The number of nitrogens with zero attached hydrogens (tertiary/aromatic N) is 1. The molecule has 3 aliphatic heterocycles. The zero-order valence-corrected chi connectivity index (χ0v) is 27.3. The summed E-state index contributed by atoms with van der Waals surface area (Å²) >= 11 is 0. The number of nitrogens with one attached hydrogen (secondary N) is 3. The number of amides is 5. The van der Waals surface area contributed by atoms with Crippen molar-refractivity contribution in [3.8, 4) is 0 Å². The smallest absolute Gasteiger partial charge is 0.430 e. The lowest BCUT2D eigenvalue weighted by molar-refractivity contribution is -0.197. The Labute approximate surface area is 288 Å². The van der Waals surface area contributed by atoms with Crippen LogP contribution in [0.3, 0.4) is 0 Å². The Morgan fingerprint density at radius 1 is 0.900 bits per heavy atom. The number of imide groups is 1. The first-order chi connectivity index (χ1) is 24.0. The summed E-state index contributed by atoms with van der Waals surface area (Å²) in [5.74, 6) is -4.16. The highest BCUT2D eigenvalue weighted by molar-refractivity contribution is 6.61. The van der Waals surface area contributed by atoms with Crippen molar-refractivity contribution >= 4 is 61.0 Å². The minimum atomic E-state index is -1.37. The van der Waals surface area contributed by atoms with Crippen LogP contribution in [0, 0.1) is 6.92 Å². The Hall–Kier alpha value is -5.31. The number of rotatable bonds is 11. The zero-order chi connectivity index (χ0) is 35.5. The fourth-order valence-corrected chi connectivity index (χ4v) is 5.85. The van der Waals surface area contributed by atoms with Gasteiger partial charge in [0.2, 0.25) is 5.91 Å². The number of carbonyl (C=O) groups excluding carboxylic acids is 6. The van der Waals surface area contributed by atoms with Gasteiger partial charge in [0.15, 0.2) is 0 Å². The summed E-state index contributed by atoms with van der Waals surface area (Å²) in [6, 6.07) is 13.3. The van der Waals surface area contributed by atoms with Crippen LogP contribution in [0.25, 0.3) is 0 Å². The third-order valence-electron chi connectivity index (χ3n) is 8.72. The Morgan fingerprint density at radius 3 is 2.28 bits per heavy atom. The van der Waals surface area contributed by atoms with Crippen molar-refractivity contribution in [1.29, 1.82) is 0 Å². The molecule has 1 radical (unpaired) electrons. The Kier molecular flexibility index (Phi) is 10.1. The highest BCUT2D eigenvalue weighted by atomic mass is 16.7. The minimum Gasteiger partial charge on any atom is -0.430 e. The first kappa shape index (κ1) is 34.5. The molecule has 14 nitrogen and oxygen atoms in total. The number of hydrogen-bond acceptors (Lipinski definition) is 10. The molecule has 0 aromatic heterocycles. The molecule has 3 aliphatic rings. The van der Waals surface area contributed by atoms with Crippen LogP contribution in [0.1, 0.15) is 75.2 Å². The molecule has 0 spiro atoms. The average Bonchev–Trinajstić information content (AvgIpc) is 3.81. The molecule has 3 aromatic carbocycles. The predicted octanol–water partition coefficient (Wildman–Crippen LogP) is -0.241. The summed E-state index contributed by atoms with van der Waals surface area (Å²) in [6.07, 6.45) is -0.623. The van der Waals surface area contributed by atoms with Gasteiger partial charge in [-0.15, -0.1) is 5.06 Å². The van der Waals surface area contributed by atoms with E-state index in [0.717, 1.165) is 22.2 Å². The van der Waals surface area contributed by atoms with E-state index < -0.39 is 67.2 Å². The summed E-state index contributed by atoms with van der Waals surface area (Å²) in [5.41, 5.74) is 4.67. The number of hydroxylamine groups is 2. The molecule has 4 N–H and O–H groups in total. The van der Waals surface area contributed by atoms with E-state index in [1.165, 1.54) is 20.5 Å². The van der Waals surface area contributed by atoms with Gasteiger partial charge in [0.25, 0.3) is 23.6 Å². The van der Waals surface area contributed by atoms with Crippen LogP contribution in [0.5, 0.6) is 0 Å². The zero-order valence-electron chi connectivity index (χ0n) is 27.3. The summed E-state index contributed by atoms with van der Waals surface area (Å²) in [7, 11) is 0.363. The van der Waals surface area contributed by atoms with E-state index in [1.54, 1.807) is 54.6 Å². The summed E-state index contributed by atoms with van der Waals surface area (Å²) < 4.78 is 10.6. The molecule has 5 amide bonds. The van der Waals surface area contributed by atoms with Crippen molar-refractivity contribution < 1.29 is 47.9 Å². The second kappa shape index (κ2) is 14.7. The first-order valence-corrected chi connectivity index (χ1v) is 16.0. The molecule has 3 atom stereocenters. The van der Waals surface area contributed by atoms with Gasteiger partial charge in [0.05, 0.1) is 31.7 Å². The minimum absolute atomic E-state index is 0.0790. The third kappa shape index (κ3) is 7.62. The van der Waals surface area contributed by atoms with Crippen LogP contribution in [-0.4, -0.2) is 72.3 Å². The molecule has 255 valence electrons. The van der Waals surface area contributed by atoms with E-state index in [4.69, 9.17) is 14.1 Å². The monoisotopic (exact) mass is 679 g/mol. The van der Waals surface area contributed by atoms with Crippen LogP contribution in [-0.2, 0) is 46.5 Å². The predicted molar refractivity (Wildman–Crippen MR) is 177 cm³/mol. The van der Waals surface area contributed by atoms with E-state index >= 15 is 0 Å². The van der Waals surface area contributed by atoms with Crippen molar-refractivity contribution in [3.05, 3.63) is 94.0 Å². The molecular weight excluding hydrogens is 646 g/mol. The van der Waals surface area contributed by atoms with Crippen LogP contribution in [0.4, 0.5) is 0 Å². The topological polar surface area (TPSA) is 190 Å². The molecule has 6 rings (SSSR count). The lowest BCUT2D eigenvalue weighted by atomic mass is 9.78. The van der Waals surface area contributed by atoms with E-state index in [1.807, 2.05) is 6.92 Å². The highest BCUT2D eigenvalue weighted by Gasteiger charge is 2.36. The van der Waals surface area contributed by atoms with Gasteiger partial charge < -0.3 is 35.1 Å². The Bertz CT molecular complexity index is 1850. The highest BCUT2D eigenvalue weighted by Crippen LogP contribution is 2.21. The normalized spacial score (nSPS) is 16.5. The van der Waals surface area contributed by atoms with Crippen molar-refractivity contribution in [2.75, 3.05) is 0 Å². The summed E-state index contributed by atoms with van der Waals surface area (Å²) in [4.78, 5) is 83.3. The maximum atomic E-state index is 14.1. The van der Waals surface area contributed by atoms with Gasteiger partial charge in [-0.3, -0.25) is 24.0 Å². The molecule has 1 saturated heterocycles. The Morgan fingerprint density at radius 2 is 1.56 bits per heavy atom. The number of carbonyl (C=O) groups is 6. The molecule has 0 unspecified atom stereocenters. The van der Waals surface area contributed by atoms with E-state index in [0.29, 0.717) is 22.7 Å². The largest absolute Gasteiger partial charge is 0.491 e. The molecule has 3 aromatic rings. The molecule has 50 heavy (non-hydrogen) atoms. The van der Waals surface area contributed by atoms with E-state index in [2.05, 4.69) is 16.0 Å². The van der Waals surface area contributed by atoms with Gasteiger partial charge in [0.1, 0.15) is 6.04 Å². The molecule has 0 bridgehead atoms. The fourth-order valence-electron chi connectivity index (χ4n) is 5.85. The van der Waals surface area contributed by atoms with Crippen molar-refractivity contribution in [3.63, 3.8) is 0 Å². The summed E-state index contributed by atoms with van der Waals surface area (Å²) in [6.45, 7) is 3.98. The van der Waals surface area contributed by atoms with Gasteiger partial charge in [-0.1, -0.05) is 48.0 Å². The van der Waals surface area contributed by atoms with Crippen LogP contribution < -0.4 is 26.9 Å². The maximum absolute atomic E-state index is 14.1. The lowest BCUT2D eigenvalue weighted by Gasteiger charge is -2.28. The third-order valence-corrected chi connectivity index (χ3v) is 8.72. The lowest BCUT2D eigenvalue weighted by Crippen LogP contribution is -2.58. The van der Waals surface area contributed by atoms with Crippen molar-refractivity contribution in [1.82, 2.24) is 21.0 Å². The molecule has 0 aliphatic carbocycles. The number of hydrogen-bond donors (Lipinski definition) is 4.